The zero-order valence-electron chi connectivity index (χ0n) is 16.0. The number of carbonyl (C=O) groups excluding carboxylic acids is 2. The van der Waals surface area contributed by atoms with E-state index in [1.807, 2.05) is 19.1 Å². The minimum absolute atomic E-state index is 0.271. The predicted molar refractivity (Wildman–Crippen MR) is 110 cm³/mol. The first-order chi connectivity index (χ1) is 13.8. The van der Waals surface area contributed by atoms with E-state index in [0.29, 0.717) is 17.0 Å². The number of carboxylic acids is 1. The van der Waals surface area contributed by atoms with E-state index in [-0.39, 0.29) is 15.9 Å². The van der Waals surface area contributed by atoms with E-state index in [1.165, 1.54) is 14.0 Å². The molecule has 1 N–H and O–H groups in total. The van der Waals surface area contributed by atoms with Crippen molar-refractivity contribution in [2.24, 2.45) is 0 Å². The third kappa shape index (κ3) is 4.27. The summed E-state index contributed by atoms with van der Waals surface area (Å²) >= 11 is 0.861. The molecule has 1 aliphatic rings. The number of hydrogen-bond donors (Lipinski definition) is 1. The molecule has 150 valence electrons. The third-order valence-corrected chi connectivity index (χ3v) is 5.16. The van der Waals surface area contributed by atoms with Crippen molar-refractivity contribution in [3.05, 3.63) is 58.5 Å². The van der Waals surface area contributed by atoms with E-state index in [2.05, 4.69) is 0 Å². The van der Waals surface area contributed by atoms with Gasteiger partial charge in [-0.05, 0) is 61.0 Å². The van der Waals surface area contributed by atoms with Crippen LogP contribution in [0.2, 0.25) is 0 Å². The highest BCUT2D eigenvalue weighted by Crippen LogP contribution is 2.38. The molecule has 2 aromatic rings. The lowest BCUT2D eigenvalue weighted by molar-refractivity contribution is -0.144. The summed E-state index contributed by atoms with van der Waals surface area (Å²) in [5.41, 5.74) is 2.00. The molecule has 1 aliphatic heterocycles. The van der Waals surface area contributed by atoms with Gasteiger partial charge in [0.15, 0.2) is 17.6 Å². The first-order valence-corrected chi connectivity index (χ1v) is 9.54. The molecule has 3 rings (SSSR count). The van der Waals surface area contributed by atoms with E-state index < -0.39 is 18.0 Å². The van der Waals surface area contributed by atoms with Gasteiger partial charge in [-0.2, -0.15) is 0 Å². The minimum Gasteiger partial charge on any atom is -0.493 e. The lowest BCUT2D eigenvalue weighted by Crippen LogP contribution is -2.28. The SMILES string of the molecule is COc1cc(/C=C2/SC(=O)N(c3ccccc3C)C2=O)ccc1OC(C)C(=O)O. The van der Waals surface area contributed by atoms with Crippen LogP contribution < -0.4 is 14.4 Å². The molecule has 1 unspecified atom stereocenters. The van der Waals surface area contributed by atoms with E-state index in [4.69, 9.17) is 14.6 Å². The predicted octanol–water partition coefficient (Wildman–Crippen LogP) is 4.10. The zero-order chi connectivity index (χ0) is 21.1. The summed E-state index contributed by atoms with van der Waals surface area (Å²) in [7, 11) is 1.43. The van der Waals surface area contributed by atoms with Gasteiger partial charge in [-0.15, -0.1) is 0 Å². The molecule has 0 aliphatic carbocycles. The number of methoxy groups -OCH3 is 1. The van der Waals surface area contributed by atoms with Crippen LogP contribution in [-0.2, 0) is 9.59 Å². The van der Waals surface area contributed by atoms with Gasteiger partial charge in [0.2, 0.25) is 0 Å². The van der Waals surface area contributed by atoms with Gasteiger partial charge >= 0.3 is 5.97 Å². The number of benzene rings is 2. The largest absolute Gasteiger partial charge is 0.493 e. The molecule has 1 saturated heterocycles. The van der Waals surface area contributed by atoms with Gasteiger partial charge < -0.3 is 14.6 Å². The van der Waals surface area contributed by atoms with Gasteiger partial charge in [-0.25, -0.2) is 9.69 Å². The normalized spacial score (nSPS) is 16.2. The number of aryl methyl sites for hydroxylation is 1. The second-order valence-electron chi connectivity index (χ2n) is 6.31. The quantitative estimate of drug-likeness (QED) is 0.713. The number of carboxylic acid groups (broad SMARTS) is 1. The van der Waals surface area contributed by atoms with Gasteiger partial charge in [0.05, 0.1) is 17.7 Å². The van der Waals surface area contributed by atoms with Gasteiger partial charge in [-0.1, -0.05) is 24.3 Å². The van der Waals surface area contributed by atoms with Crippen LogP contribution in [0.4, 0.5) is 10.5 Å². The number of para-hydroxylation sites is 1. The first kappa shape index (κ1) is 20.5. The molecular formula is C21H19NO6S. The van der Waals surface area contributed by atoms with E-state index in [1.54, 1.807) is 36.4 Å². The second-order valence-corrected chi connectivity index (χ2v) is 7.31. The number of rotatable bonds is 6. The molecular weight excluding hydrogens is 394 g/mol. The molecule has 0 saturated carbocycles. The summed E-state index contributed by atoms with van der Waals surface area (Å²) in [4.78, 5) is 37.7. The number of carbonyl (C=O) groups is 3. The van der Waals surface area contributed by atoms with Crippen LogP contribution in [-0.4, -0.2) is 35.4 Å². The summed E-state index contributed by atoms with van der Waals surface area (Å²) < 4.78 is 10.6. The highest BCUT2D eigenvalue weighted by Gasteiger charge is 2.36. The van der Waals surface area contributed by atoms with Crippen molar-refractivity contribution in [1.29, 1.82) is 0 Å². The lowest BCUT2D eigenvalue weighted by Gasteiger charge is -2.15. The van der Waals surface area contributed by atoms with Crippen molar-refractivity contribution < 1.29 is 29.0 Å². The average Bonchev–Trinajstić information content (AvgIpc) is 2.96. The summed E-state index contributed by atoms with van der Waals surface area (Å²) in [6.07, 6.45) is 0.552. The number of aliphatic carboxylic acids is 1. The van der Waals surface area contributed by atoms with E-state index in [9.17, 15) is 14.4 Å². The van der Waals surface area contributed by atoms with E-state index in [0.717, 1.165) is 22.2 Å². The minimum atomic E-state index is -1.10. The number of hydrogen-bond acceptors (Lipinski definition) is 6. The van der Waals surface area contributed by atoms with Crippen LogP contribution in [0.25, 0.3) is 6.08 Å². The highest BCUT2D eigenvalue weighted by molar-refractivity contribution is 8.19. The fourth-order valence-electron chi connectivity index (χ4n) is 2.75. The van der Waals surface area contributed by atoms with Gasteiger partial charge in [0.1, 0.15) is 0 Å². The molecule has 0 aromatic heterocycles. The number of thioether (sulfide) groups is 1. The van der Waals surface area contributed by atoms with Gasteiger partial charge in [0.25, 0.3) is 11.1 Å². The fraction of sp³-hybridized carbons (Fsp3) is 0.190. The lowest BCUT2D eigenvalue weighted by atomic mass is 10.1. The standard InChI is InChI=1S/C21H19NO6S/c1-12-6-4-5-7-15(12)22-19(23)18(29-21(22)26)11-14-8-9-16(17(10-14)27-3)28-13(2)20(24)25/h4-11,13H,1-3H3,(H,24,25)/b18-11+. The van der Waals surface area contributed by atoms with Crippen molar-refractivity contribution in [3.8, 4) is 11.5 Å². The summed E-state index contributed by atoms with van der Waals surface area (Å²) in [5, 5.41) is 8.63. The van der Waals surface area contributed by atoms with Gasteiger partial charge in [-0.3, -0.25) is 9.59 Å². The summed E-state index contributed by atoms with van der Waals surface area (Å²) in [5.74, 6) is -0.897. The van der Waals surface area contributed by atoms with Crippen molar-refractivity contribution in [2.45, 2.75) is 20.0 Å². The zero-order valence-corrected chi connectivity index (χ0v) is 16.9. The average molecular weight is 413 g/mol. The Morgan fingerprint density at radius 1 is 1.17 bits per heavy atom. The summed E-state index contributed by atoms with van der Waals surface area (Å²) in [6, 6.07) is 12.0. The monoisotopic (exact) mass is 413 g/mol. The third-order valence-electron chi connectivity index (χ3n) is 4.29. The molecule has 1 heterocycles. The molecule has 8 heteroatoms. The maximum atomic E-state index is 12.8. The molecule has 0 bridgehead atoms. The Morgan fingerprint density at radius 2 is 1.90 bits per heavy atom. The Hall–Kier alpha value is -3.26. The maximum absolute atomic E-state index is 12.8. The molecule has 2 aromatic carbocycles. The molecule has 29 heavy (non-hydrogen) atoms. The highest BCUT2D eigenvalue weighted by atomic mass is 32.2. The molecule has 7 nitrogen and oxygen atoms in total. The second kappa shape index (κ2) is 8.40. The number of amides is 2. The molecule has 1 fully saturated rings. The Bertz CT molecular complexity index is 1020. The molecule has 0 radical (unpaired) electrons. The van der Waals surface area contributed by atoms with Crippen LogP contribution >= 0.6 is 11.8 Å². The van der Waals surface area contributed by atoms with Gasteiger partial charge in [0, 0.05) is 0 Å². The molecule has 1 atom stereocenters. The Kier molecular flexibility index (Phi) is 5.93. The van der Waals surface area contributed by atoms with Crippen molar-refractivity contribution in [2.75, 3.05) is 12.0 Å². The number of anilines is 1. The topological polar surface area (TPSA) is 93.1 Å². The van der Waals surface area contributed by atoms with Crippen molar-refractivity contribution >= 4 is 40.6 Å². The number of imide groups is 1. The van der Waals surface area contributed by atoms with Crippen LogP contribution in [0.1, 0.15) is 18.1 Å². The van der Waals surface area contributed by atoms with Crippen molar-refractivity contribution in [1.82, 2.24) is 0 Å². The van der Waals surface area contributed by atoms with Crippen LogP contribution in [0.5, 0.6) is 11.5 Å². The number of nitrogens with zero attached hydrogens (tertiary/aromatic N) is 1. The smallest absolute Gasteiger partial charge is 0.344 e. The van der Waals surface area contributed by atoms with E-state index >= 15 is 0 Å². The van der Waals surface area contributed by atoms with Crippen LogP contribution in [0.3, 0.4) is 0 Å². The van der Waals surface area contributed by atoms with Crippen LogP contribution in [0.15, 0.2) is 47.4 Å². The summed E-state index contributed by atoms with van der Waals surface area (Å²) in [6.45, 7) is 3.25. The maximum Gasteiger partial charge on any atom is 0.344 e. The molecule has 2 amide bonds. The molecule has 0 spiro atoms. The van der Waals surface area contributed by atoms with Crippen LogP contribution in [0, 0.1) is 6.92 Å². The fourth-order valence-corrected chi connectivity index (χ4v) is 3.59. The number of ether oxygens (including phenoxy) is 2. The first-order valence-electron chi connectivity index (χ1n) is 8.73. The Balaban J connectivity index is 1.88. The Labute approximate surface area is 171 Å². The Morgan fingerprint density at radius 3 is 2.55 bits per heavy atom. The van der Waals surface area contributed by atoms with Crippen molar-refractivity contribution in [3.63, 3.8) is 0 Å².